The van der Waals surface area contributed by atoms with E-state index in [0.717, 1.165) is 17.0 Å². The molecule has 4 rings (SSSR count). The summed E-state index contributed by atoms with van der Waals surface area (Å²) in [4.78, 5) is 14.2. The Morgan fingerprint density at radius 1 is 0.800 bits per heavy atom. The zero-order chi connectivity index (χ0) is 25.2. The smallest absolute Gasteiger partial charge is 0.241 e. The highest BCUT2D eigenvalue weighted by Crippen LogP contribution is 2.26. The minimum Gasteiger partial charge on any atom is -0.244 e. The molecule has 0 bridgehead atoms. The lowest BCUT2D eigenvalue weighted by Crippen LogP contribution is -2.40. The number of nitrogens with zero attached hydrogens (tertiary/aromatic N) is 4. The van der Waals surface area contributed by atoms with Crippen LogP contribution in [-0.2, 0) is 10.0 Å². The third-order valence-electron chi connectivity index (χ3n) is 5.02. The molecule has 2 aromatic heterocycles. The molecule has 2 heterocycles. The van der Waals surface area contributed by atoms with Crippen molar-refractivity contribution in [3.05, 3.63) is 84.1 Å². The number of aryl methyl sites for hydroxylation is 1. The standard InChI is InChI=1S/C27H25N5O2S/c1-18-15-25(20-13-11-19(17-28)12-14-20)31-26(29-18)24-10-6-9-23(30-24)21-7-5-8-22(16-21)35(33,34)32-27(2,3)4/h5-16,32H,1-4H3. The van der Waals surface area contributed by atoms with Crippen molar-refractivity contribution in [2.24, 2.45) is 0 Å². The lowest BCUT2D eigenvalue weighted by atomic mass is 10.1. The van der Waals surface area contributed by atoms with Crippen molar-refractivity contribution in [2.75, 3.05) is 0 Å². The average molecular weight is 484 g/mol. The topological polar surface area (TPSA) is 109 Å². The van der Waals surface area contributed by atoms with Crippen molar-refractivity contribution >= 4 is 10.0 Å². The summed E-state index contributed by atoms with van der Waals surface area (Å²) in [5, 5.41) is 9.05. The molecule has 0 fully saturated rings. The summed E-state index contributed by atoms with van der Waals surface area (Å²) in [5.41, 5.74) is 4.22. The first-order valence-corrected chi connectivity index (χ1v) is 12.5. The van der Waals surface area contributed by atoms with Crippen molar-refractivity contribution in [3.63, 3.8) is 0 Å². The van der Waals surface area contributed by atoms with E-state index in [9.17, 15) is 8.42 Å². The lowest BCUT2D eigenvalue weighted by molar-refractivity contribution is 0.491. The first kappa shape index (κ1) is 24.2. The van der Waals surface area contributed by atoms with Gasteiger partial charge in [0, 0.05) is 22.4 Å². The minimum atomic E-state index is -3.68. The molecule has 8 heteroatoms. The number of nitriles is 1. The Hall–Kier alpha value is -3.93. The summed E-state index contributed by atoms with van der Waals surface area (Å²) in [6.45, 7) is 7.28. The van der Waals surface area contributed by atoms with Gasteiger partial charge in [-0.2, -0.15) is 5.26 Å². The van der Waals surface area contributed by atoms with Crippen LogP contribution in [0.1, 0.15) is 32.0 Å². The number of benzene rings is 2. The highest BCUT2D eigenvalue weighted by Gasteiger charge is 2.22. The lowest BCUT2D eigenvalue weighted by Gasteiger charge is -2.20. The molecule has 0 saturated carbocycles. The van der Waals surface area contributed by atoms with Crippen LogP contribution >= 0.6 is 0 Å². The molecule has 2 aromatic carbocycles. The summed E-state index contributed by atoms with van der Waals surface area (Å²) in [5.74, 6) is 0.462. The Morgan fingerprint density at radius 2 is 1.49 bits per heavy atom. The Labute approximate surface area is 205 Å². The number of pyridine rings is 1. The van der Waals surface area contributed by atoms with Gasteiger partial charge in [0.25, 0.3) is 0 Å². The maximum Gasteiger partial charge on any atom is 0.241 e. The average Bonchev–Trinajstić information content (AvgIpc) is 2.82. The third-order valence-corrected chi connectivity index (χ3v) is 6.78. The number of sulfonamides is 1. The predicted molar refractivity (Wildman–Crippen MR) is 136 cm³/mol. The van der Waals surface area contributed by atoms with E-state index < -0.39 is 15.6 Å². The van der Waals surface area contributed by atoms with Gasteiger partial charge in [-0.05, 0) is 70.2 Å². The van der Waals surface area contributed by atoms with Crippen molar-refractivity contribution in [2.45, 2.75) is 38.1 Å². The van der Waals surface area contributed by atoms with Crippen LogP contribution in [0.4, 0.5) is 0 Å². The second-order valence-electron chi connectivity index (χ2n) is 9.20. The number of rotatable bonds is 5. The van der Waals surface area contributed by atoms with Gasteiger partial charge in [0.1, 0.15) is 5.69 Å². The van der Waals surface area contributed by atoms with E-state index in [1.54, 1.807) is 51.1 Å². The number of hydrogen-bond donors (Lipinski definition) is 1. The van der Waals surface area contributed by atoms with Crippen LogP contribution in [-0.4, -0.2) is 28.9 Å². The summed E-state index contributed by atoms with van der Waals surface area (Å²) >= 11 is 0. The van der Waals surface area contributed by atoms with Gasteiger partial charge in [0.2, 0.25) is 10.0 Å². The first-order valence-electron chi connectivity index (χ1n) is 11.0. The minimum absolute atomic E-state index is 0.173. The quantitative estimate of drug-likeness (QED) is 0.422. The molecule has 0 aliphatic carbocycles. The van der Waals surface area contributed by atoms with Gasteiger partial charge in [-0.3, -0.25) is 0 Å². The molecule has 176 valence electrons. The molecule has 0 aliphatic heterocycles. The molecule has 0 atom stereocenters. The Kier molecular flexibility index (Phi) is 6.48. The summed E-state index contributed by atoms with van der Waals surface area (Å²) in [6, 6.07) is 23.4. The van der Waals surface area contributed by atoms with E-state index in [0.29, 0.717) is 28.3 Å². The zero-order valence-corrected chi connectivity index (χ0v) is 20.8. The summed E-state index contributed by atoms with van der Waals surface area (Å²) in [6.07, 6.45) is 0. The molecule has 7 nitrogen and oxygen atoms in total. The Bertz CT molecular complexity index is 1530. The largest absolute Gasteiger partial charge is 0.244 e. The Morgan fingerprint density at radius 3 is 2.17 bits per heavy atom. The fraction of sp³-hybridized carbons (Fsp3) is 0.185. The first-order chi connectivity index (χ1) is 16.5. The second-order valence-corrected chi connectivity index (χ2v) is 10.9. The number of nitrogens with one attached hydrogen (secondary N) is 1. The van der Waals surface area contributed by atoms with Gasteiger partial charge in [0.05, 0.1) is 27.9 Å². The monoisotopic (exact) mass is 483 g/mol. The molecule has 0 spiro atoms. The zero-order valence-electron chi connectivity index (χ0n) is 19.9. The van der Waals surface area contributed by atoms with E-state index in [-0.39, 0.29) is 4.90 Å². The van der Waals surface area contributed by atoms with Crippen LogP contribution in [0.3, 0.4) is 0 Å². The molecule has 35 heavy (non-hydrogen) atoms. The predicted octanol–water partition coefficient (Wildman–Crippen LogP) is 5.13. The van der Waals surface area contributed by atoms with Crippen LogP contribution in [0.15, 0.2) is 77.7 Å². The maximum absolute atomic E-state index is 12.8. The van der Waals surface area contributed by atoms with Gasteiger partial charge >= 0.3 is 0 Å². The van der Waals surface area contributed by atoms with E-state index in [4.69, 9.17) is 15.2 Å². The molecule has 1 N–H and O–H groups in total. The number of hydrogen-bond acceptors (Lipinski definition) is 6. The van der Waals surface area contributed by atoms with Gasteiger partial charge in [-0.15, -0.1) is 0 Å². The molecule has 0 amide bonds. The van der Waals surface area contributed by atoms with Gasteiger partial charge in [0.15, 0.2) is 5.82 Å². The van der Waals surface area contributed by atoms with Crippen molar-refractivity contribution in [1.29, 1.82) is 5.26 Å². The normalized spacial score (nSPS) is 11.7. The van der Waals surface area contributed by atoms with Crippen LogP contribution < -0.4 is 4.72 Å². The molecule has 0 saturated heterocycles. The molecular weight excluding hydrogens is 458 g/mol. The van der Waals surface area contributed by atoms with Crippen LogP contribution in [0, 0.1) is 18.3 Å². The highest BCUT2D eigenvalue weighted by atomic mass is 32.2. The maximum atomic E-state index is 12.8. The molecule has 4 aromatic rings. The van der Waals surface area contributed by atoms with Crippen molar-refractivity contribution < 1.29 is 8.42 Å². The SMILES string of the molecule is Cc1cc(-c2ccc(C#N)cc2)nc(-c2cccc(-c3cccc(S(=O)(=O)NC(C)(C)C)c3)n2)n1. The van der Waals surface area contributed by atoms with Gasteiger partial charge in [-0.1, -0.05) is 30.3 Å². The second kappa shape index (κ2) is 9.37. The van der Waals surface area contributed by atoms with E-state index in [1.165, 1.54) is 0 Å². The van der Waals surface area contributed by atoms with Crippen LogP contribution in [0.25, 0.3) is 34.0 Å². The van der Waals surface area contributed by atoms with Crippen molar-refractivity contribution in [3.8, 4) is 40.1 Å². The fourth-order valence-corrected chi connectivity index (χ4v) is 5.01. The highest BCUT2D eigenvalue weighted by molar-refractivity contribution is 7.89. The van der Waals surface area contributed by atoms with Gasteiger partial charge in [-0.25, -0.2) is 28.1 Å². The fourth-order valence-electron chi connectivity index (χ4n) is 3.55. The molecule has 0 unspecified atom stereocenters. The van der Waals surface area contributed by atoms with Gasteiger partial charge < -0.3 is 0 Å². The van der Waals surface area contributed by atoms with E-state index in [1.807, 2.05) is 49.4 Å². The molecule has 0 aliphatic rings. The van der Waals surface area contributed by atoms with E-state index in [2.05, 4.69) is 15.8 Å². The van der Waals surface area contributed by atoms with Crippen molar-refractivity contribution in [1.82, 2.24) is 19.7 Å². The third kappa shape index (κ3) is 5.77. The van der Waals surface area contributed by atoms with Crippen LogP contribution in [0.5, 0.6) is 0 Å². The van der Waals surface area contributed by atoms with E-state index >= 15 is 0 Å². The summed E-state index contributed by atoms with van der Waals surface area (Å²) in [7, 11) is -3.68. The Balaban J connectivity index is 1.71. The number of aromatic nitrogens is 3. The molecule has 0 radical (unpaired) electrons. The molecular formula is C27H25N5O2S. The summed E-state index contributed by atoms with van der Waals surface area (Å²) < 4.78 is 28.3. The van der Waals surface area contributed by atoms with Crippen LogP contribution in [0.2, 0.25) is 0 Å².